The maximum atomic E-state index is 12.8. The van der Waals surface area contributed by atoms with E-state index in [-0.39, 0.29) is 34.7 Å². The molecule has 1 fully saturated rings. The monoisotopic (exact) mass is 395 g/mol. The molecule has 1 saturated heterocycles. The van der Waals surface area contributed by atoms with E-state index < -0.39 is 0 Å². The summed E-state index contributed by atoms with van der Waals surface area (Å²) >= 11 is 1.27. The molecule has 2 rings (SSSR count). The molecule has 2 amide bonds. The molecule has 1 unspecified atom stereocenters. The van der Waals surface area contributed by atoms with Gasteiger partial charge in [-0.1, -0.05) is 6.92 Å². The summed E-state index contributed by atoms with van der Waals surface area (Å²) in [5.74, 6) is 0.501. The minimum atomic E-state index is -0.346. The zero-order valence-corrected chi connectivity index (χ0v) is 17.2. The molecule has 5 nitrogen and oxygen atoms in total. The average Bonchev–Trinajstić information content (AvgIpc) is 2.62. The third kappa shape index (κ3) is 7.50. The quantitative estimate of drug-likeness (QED) is 0.710. The van der Waals surface area contributed by atoms with Gasteiger partial charge in [0.25, 0.3) is 0 Å². The van der Waals surface area contributed by atoms with Crippen LogP contribution in [-0.4, -0.2) is 53.4 Å². The fourth-order valence-electron chi connectivity index (χ4n) is 3.18. The first kappa shape index (κ1) is 21.7. The number of thioether (sulfide) groups is 1. The van der Waals surface area contributed by atoms with Gasteiger partial charge < -0.3 is 10.6 Å². The predicted octanol–water partition coefficient (Wildman–Crippen LogP) is 3.12. The molecule has 7 heteroatoms. The van der Waals surface area contributed by atoms with Gasteiger partial charge >= 0.3 is 0 Å². The van der Waals surface area contributed by atoms with Crippen molar-refractivity contribution >= 4 is 29.3 Å². The van der Waals surface area contributed by atoms with Crippen molar-refractivity contribution in [3.63, 3.8) is 0 Å². The van der Waals surface area contributed by atoms with Crippen molar-refractivity contribution in [1.82, 2.24) is 10.2 Å². The first-order valence-electron chi connectivity index (χ1n) is 9.41. The summed E-state index contributed by atoms with van der Waals surface area (Å²) in [6, 6.07) is 5.60. The zero-order chi connectivity index (χ0) is 19.9. The van der Waals surface area contributed by atoms with E-state index in [4.69, 9.17) is 0 Å². The first-order valence-corrected chi connectivity index (χ1v) is 10.6. The molecule has 1 heterocycles. The number of nitrogens with zero attached hydrogens (tertiary/aromatic N) is 1. The number of rotatable bonds is 8. The lowest BCUT2D eigenvalue weighted by Crippen LogP contribution is -2.54. The van der Waals surface area contributed by atoms with Gasteiger partial charge in [0.1, 0.15) is 5.82 Å². The second-order valence-corrected chi connectivity index (χ2v) is 8.82. The predicted molar refractivity (Wildman–Crippen MR) is 109 cm³/mol. The van der Waals surface area contributed by atoms with Gasteiger partial charge in [-0.05, 0) is 63.4 Å². The molecule has 27 heavy (non-hydrogen) atoms. The van der Waals surface area contributed by atoms with Crippen LogP contribution in [0.25, 0.3) is 0 Å². The van der Waals surface area contributed by atoms with Crippen LogP contribution in [0, 0.1) is 11.7 Å². The standard InChI is InChI=1S/C20H30FN3O2S/c1-15-5-4-10-24(11-15)20(2,3)14-22-18(25)12-27-13-19(26)23-17-8-6-16(21)7-9-17/h6-9,15H,4-5,10-14H2,1-3H3,(H,22,25)(H,23,26). The van der Waals surface area contributed by atoms with Crippen LogP contribution in [0.4, 0.5) is 10.1 Å². The second-order valence-electron chi connectivity index (χ2n) is 7.83. The summed E-state index contributed by atoms with van der Waals surface area (Å²) < 4.78 is 12.8. The number of halogens is 1. The van der Waals surface area contributed by atoms with E-state index in [2.05, 4.69) is 36.3 Å². The minimum absolute atomic E-state index is 0.0623. The molecular formula is C20H30FN3O2S. The van der Waals surface area contributed by atoms with Crippen LogP contribution in [0.5, 0.6) is 0 Å². The molecule has 2 N–H and O–H groups in total. The number of anilines is 1. The summed E-state index contributed by atoms with van der Waals surface area (Å²) in [7, 11) is 0. The summed E-state index contributed by atoms with van der Waals surface area (Å²) in [5.41, 5.74) is 0.471. The molecule has 1 aromatic carbocycles. The Hall–Kier alpha value is -1.60. The topological polar surface area (TPSA) is 61.4 Å². The number of hydrogen-bond acceptors (Lipinski definition) is 4. The van der Waals surface area contributed by atoms with Crippen LogP contribution in [0.3, 0.4) is 0 Å². The summed E-state index contributed by atoms with van der Waals surface area (Å²) in [4.78, 5) is 26.4. The number of carbonyl (C=O) groups is 2. The van der Waals surface area contributed by atoms with Crippen molar-refractivity contribution in [2.45, 2.75) is 39.2 Å². The number of nitrogens with one attached hydrogen (secondary N) is 2. The van der Waals surface area contributed by atoms with Crippen LogP contribution in [-0.2, 0) is 9.59 Å². The molecule has 1 atom stereocenters. The molecule has 1 aromatic rings. The Balaban J connectivity index is 1.65. The highest BCUT2D eigenvalue weighted by molar-refractivity contribution is 8.00. The highest BCUT2D eigenvalue weighted by atomic mass is 32.2. The minimum Gasteiger partial charge on any atom is -0.354 e. The Morgan fingerprint density at radius 2 is 1.89 bits per heavy atom. The molecule has 0 aliphatic carbocycles. The largest absolute Gasteiger partial charge is 0.354 e. The van der Waals surface area contributed by atoms with Crippen LogP contribution in [0.15, 0.2) is 24.3 Å². The third-order valence-corrected chi connectivity index (χ3v) is 5.76. The molecule has 150 valence electrons. The number of amides is 2. The number of benzene rings is 1. The third-order valence-electron chi connectivity index (χ3n) is 4.83. The van der Waals surface area contributed by atoms with E-state index in [0.717, 1.165) is 13.1 Å². The molecule has 0 saturated carbocycles. The number of hydrogen-bond donors (Lipinski definition) is 2. The Morgan fingerprint density at radius 1 is 1.22 bits per heavy atom. The van der Waals surface area contributed by atoms with Gasteiger partial charge in [-0.15, -0.1) is 11.8 Å². The molecule has 1 aliphatic heterocycles. The molecular weight excluding hydrogens is 365 g/mol. The van der Waals surface area contributed by atoms with E-state index in [9.17, 15) is 14.0 Å². The Kier molecular flexibility index (Phi) is 8.10. The van der Waals surface area contributed by atoms with Crippen LogP contribution in [0.2, 0.25) is 0 Å². The van der Waals surface area contributed by atoms with Gasteiger partial charge in [-0.3, -0.25) is 14.5 Å². The van der Waals surface area contributed by atoms with Crippen molar-refractivity contribution in [3.05, 3.63) is 30.1 Å². The maximum absolute atomic E-state index is 12.8. The normalized spacial score (nSPS) is 18.1. The SMILES string of the molecule is CC1CCCN(C(C)(C)CNC(=O)CSCC(=O)Nc2ccc(F)cc2)C1. The highest BCUT2D eigenvalue weighted by Crippen LogP contribution is 2.23. The summed E-state index contributed by atoms with van der Waals surface area (Å²) in [6.45, 7) is 9.34. The Morgan fingerprint density at radius 3 is 2.56 bits per heavy atom. The Labute approximate surface area is 165 Å². The van der Waals surface area contributed by atoms with Crippen LogP contribution >= 0.6 is 11.8 Å². The lowest BCUT2D eigenvalue weighted by Gasteiger charge is -2.43. The maximum Gasteiger partial charge on any atom is 0.234 e. The fourth-order valence-corrected chi connectivity index (χ4v) is 3.83. The van der Waals surface area contributed by atoms with E-state index in [1.807, 2.05) is 0 Å². The lowest BCUT2D eigenvalue weighted by molar-refractivity contribution is -0.119. The van der Waals surface area contributed by atoms with E-state index in [1.165, 1.54) is 48.9 Å². The zero-order valence-electron chi connectivity index (χ0n) is 16.4. The Bertz CT molecular complexity index is 637. The van der Waals surface area contributed by atoms with Crippen molar-refractivity contribution in [2.75, 3.05) is 36.5 Å². The van der Waals surface area contributed by atoms with E-state index in [0.29, 0.717) is 18.2 Å². The van der Waals surface area contributed by atoms with E-state index >= 15 is 0 Å². The van der Waals surface area contributed by atoms with Gasteiger partial charge in [0, 0.05) is 24.3 Å². The second kappa shape index (κ2) is 10.1. The molecule has 0 bridgehead atoms. The van der Waals surface area contributed by atoms with Crippen molar-refractivity contribution < 1.29 is 14.0 Å². The van der Waals surface area contributed by atoms with Crippen LogP contribution in [0.1, 0.15) is 33.6 Å². The summed E-state index contributed by atoms with van der Waals surface area (Å²) in [6.07, 6.45) is 2.48. The molecule has 0 radical (unpaired) electrons. The fraction of sp³-hybridized carbons (Fsp3) is 0.600. The number of piperidine rings is 1. The average molecular weight is 396 g/mol. The molecule has 0 aromatic heterocycles. The van der Waals surface area contributed by atoms with Crippen molar-refractivity contribution in [1.29, 1.82) is 0 Å². The van der Waals surface area contributed by atoms with Crippen molar-refractivity contribution in [3.8, 4) is 0 Å². The van der Waals surface area contributed by atoms with Gasteiger partial charge in [-0.2, -0.15) is 0 Å². The number of likely N-dealkylation sites (tertiary alicyclic amines) is 1. The smallest absolute Gasteiger partial charge is 0.234 e. The highest BCUT2D eigenvalue weighted by Gasteiger charge is 2.30. The van der Waals surface area contributed by atoms with Gasteiger partial charge in [0.05, 0.1) is 11.5 Å². The van der Waals surface area contributed by atoms with Gasteiger partial charge in [0.15, 0.2) is 0 Å². The molecule has 0 spiro atoms. The number of carbonyl (C=O) groups excluding carboxylic acids is 2. The van der Waals surface area contributed by atoms with Gasteiger partial charge in [0.2, 0.25) is 11.8 Å². The molecule has 1 aliphatic rings. The van der Waals surface area contributed by atoms with Crippen LogP contribution < -0.4 is 10.6 Å². The van der Waals surface area contributed by atoms with Gasteiger partial charge in [-0.25, -0.2) is 4.39 Å². The first-order chi connectivity index (χ1) is 12.8. The lowest BCUT2D eigenvalue weighted by atomic mass is 9.93. The summed E-state index contributed by atoms with van der Waals surface area (Å²) in [5, 5.41) is 5.67. The van der Waals surface area contributed by atoms with Crippen molar-refractivity contribution in [2.24, 2.45) is 5.92 Å². The van der Waals surface area contributed by atoms with E-state index in [1.54, 1.807) is 0 Å².